The van der Waals surface area contributed by atoms with Crippen molar-refractivity contribution in [3.05, 3.63) is 12.2 Å². The van der Waals surface area contributed by atoms with Crippen molar-refractivity contribution in [3.63, 3.8) is 0 Å². The molecule has 0 saturated carbocycles. The van der Waals surface area contributed by atoms with Crippen molar-refractivity contribution in [3.8, 4) is 0 Å². The first-order valence-electron chi connectivity index (χ1n) is 8.63. The van der Waals surface area contributed by atoms with E-state index >= 15 is 0 Å². The summed E-state index contributed by atoms with van der Waals surface area (Å²) in [6.45, 7) is 0. The SMILES string of the molecule is CN1C(=O)[C@@H]2[C@@H]3O[C@H]([C@@H]2C1=O)[C@H]1[C@@H]2O[C@H]([C@@H]31)[C@@H]1[C@H]2[C@H]2C=C[C@@H]1O2. The van der Waals surface area contributed by atoms with Gasteiger partial charge in [-0.1, -0.05) is 12.2 Å². The Morgan fingerprint density at radius 2 is 1.22 bits per heavy atom. The van der Waals surface area contributed by atoms with Crippen LogP contribution < -0.4 is 0 Å². The lowest BCUT2D eigenvalue weighted by Crippen LogP contribution is -2.52. The maximum absolute atomic E-state index is 12.5. The van der Waals surface area contributed by atoms with E-state index < -0.39 is 0 Å². The molecule has 12 atom stereocenters. The van der Waals surface area contributed by atoms with Crippen LogP contribution >= 0.6 is 0 Å². The molecule has 23 heavy (non-hydrogen) atoms. The number of imide groups is 1. The highest BCUT2D eigenvalue weighted by atomic mass is 16.6. The zero-order chi connectivity index (χ0) is 15.2. The second-order valence-corrected chi connectivity index (χ2v) is 8.18. The van der Waals surface area contributed by atoms with Gasteiger partial charge in [-0.15, -0.1) is 0 Å². The number of carbonyl (C=O) groups excluding carboxylic acids is 2. The van der Waals surface area contributed by atoms with Crippen molar-refractivity contribution in [2.24, 2.45) is 35.5 Å². The van der Waals surface area contributed by atoms with Crippen molar-refractivity contribution in [1.29, 1.82) is 0 Å². The smallest absolute Gasteiger partial charge is 0.235 e. The fraction of sp³-hybridized carbons (Fsp3) is 0.765. The van der Waals surface area contributed by atoms with Gasteiger partial charge in [0.05, 0.1) is 48.5 Å². The number of carbonyl (C=O) groups is 2. The van der Waals surface area contributed by atoms with E-state index in [2.05, 4.69) is 12.2 Å². The number of hydrogen-bond acceptors (Lipinski definition) is 5. The third-order valence-electron chi connectivity index (χ3n) is 7.68. The van der Waals surface area contributed by atoms with E-state index in [0.29, 0.717) is 11.8 Å². The molecule has 2 amide bonds. The van der Waals surface area contributed by atoms with Gasteiger partial charge >= 0.3 is 0 Å². The first kappa shape index (κ1) is 12.2. The summed E-state index contributed by atoms with van der Waals surface area (Å²) in [6, 6.07) is 0. The Balaban J connectivity index is 1.34. The van der Waals surface area contributed by atoms with Crippen molar-refractivity contribution in [1.82, 2.24) is 4.90 Å². The largest absolute Gasteiger partial charge is 0.373 e. The zero-order valence-corrected chi connectivity index (χ0v) is 12.6. The van der Waals surface area contributed by atoms with Crippen LogP contribution in [0.4, 0.5) is 0 Å². The van der Waals surface area contributed by atoms with Gasteiger partial charge in [0.1, 0.15) is 0 Å². The Morgan fingerprint density at radius 1 is 0.739 bits per heavy atom. The number of likely N-dealkylation sites (tertiary alicyclic amines) is 1. The molecule has 7 heterocycles. The summed E-state index contributed by atoms with van der Waals surface area (Å²) in [7, 11) is 1.61. The lowest BCUT2D eigenvalue weighted by molar-refractivity contribution is -0.141. The molecule has 6 heteroatoms. The molecule has 0 aliphatic carbocycles. The molecule has 6 nitrogen and oxygen atoms in total. The quantitative estimate of drug-likeness (QED) is 0.449. The van der Waals surface area contributed by atoms with Gasteiger partial charge in [-0.05, 0) is 0 Å². The van der Waals surface area contributed by atoms with Crippen LogP contribution in [0.5, 0.6) is 0 Å². The molecule has 6 saturated heterocycles. The van der Waals surface area contributed by atoms with Gasteiger partial charge in [0.2, 0.25) is 11.8 Å². The van der Waals surface area contributed by atoms with Gasteiger partial charge in [-0.25, -0.2) is 0 Å². The summed E-state index contributed by atoms with van der Waals surface area (Å²) in [5.74, 6) is 0.637. The predicted molar refractivity (Wildman–Crippen MR) is 73.8 cm³/mol. The van der Waals surface area contributed by atoms with E-state index in [1.807, 2.05) is 0 Å². The average molecular weight is 315 g/mol. The van der Waals surface area contributed by atoms with E-state index in [4.69, 9.17) is 14.2 Å². The van der Waals surface area contributed by atoms with E-state index in [1.54, 1.807) is 7.05 Å². The van der Waals surface area contributed by atoms with E-state index in [1.165, 1.54) is 4.90 Å². The first-order valence-corrected chi connectivity index (χ1v) is 8.63. The lowest BCUT2D eigenvalue weighted by Gasteiger charge is -2.39. The molecule has 7 aliphatic rings. The molecule has 7 rings (SSSR count). The lowest BCUT2D eigenvalue weighted by atomic mass is 9.57. The Hall–Kier alpha value is -1.24. The maximum atomic E-state index is 12.5. The highest BCUT2D eigenvalue weighted by Gasteiger charge is 2.78. The van der Waals surface area contributed by atoms with Crippen LogP contribution in [-0.4, -0.2) is 60.4 Å². The van der Waals surface area contributed by atoms with Crippen LogP contribution in [-0.2, 0) is 23.8 Å². The fourth-order valence-electron chi connectivity index (χ4n) is 7.05. The van der Waals surface area contributed by atoms with Crippen LogP contribution in [0.25, 0.3) is 0 Å². The van der Waals surface area contributed by atoms with Crippen molar-refractivity contribution >= 4 is 11.8 Å². The summed E-state index contributed by atoms with van der Waals surface area (Å²) >= 11 is 0. The third-order valence-corrected chi connectivity index (χ3v) is 7.68. The van der Waals surface area contributed by atoms with E-state index in [9.17, 15) is 9.59 Å². The minimum Gasteiger partial charge on any atom is -0.373 e. The molecular formula is C17H17NO5. The minimum atomic E-state index is -0.282. The van der Waals surface area contributed by atoms with Gasteiger partial charge < -0.3 is 14.2 Å². The maximum Gasteiger partial charge on any atom is 0.235 e. The second kappa shape index (κ2) is 3.41. The fourth-order valence-corrected chi connectivity index (χ4v) is 7.05. The van der Waals surface area contributed by atoms with Crippen LogP contribution in [0.15, 0.2) is 12.2 Å². The normalized spacial score (nSPS) is 65.9. The molecule has 0 aromatic heterocycles. The monoisotopic (exact) mass is 315 g/mol. The highest BCUT2D eigenvalue weighted by molar-refractivity contribution is 6.06. The van der Waals surface area contributed by atoms with Gasteiger partial charge in [-0.2, -0.15) is 0 Å². The van der Waals surface area contributed by atoms with Crippen LogP contribution in [0.2, 0.25) is 0 Å². The van der Waals surface area contributed by atoms with Crippen LogP contribution in [0.1, 0.15) is 0 Å². The van der Waals surface area contributed by atoms with E-state index in [-0.39, 0.29) is 72.1 Å². The summed E-state index contributed by atoms with van der Waals surface area (Å²) in [5.41, 5.74) is 0. The number of fused-ring (bicyclic) bond motifs is 19. The Labute approximate surface area is 132 Å². The summed E-state index contributed by atoms with van der Waals surface area (Å²) in [6.07, 6.45) is 4.63. The van der Waals surface area contributed by atoms with Crippen molar-refractivity contribution in [2.45, 2.75) is 36.6 Å². The summed E-state index contributed by atoms with van der Waals surface area (Å²) < 4.78 is 18.7. The summed E-state index contributed by atoms with van der Waals surface area (Å²) in [5, 5.41) is 0. The second-order valence-electron chi connectivity index (χ2n) is 8.18. The molecular weight excluding hydrogens is 298 g/mol. The van der Waals surface area contributed by atoms with Crippen LogP contribution in [0.3, 0.4) is 0 Å². The van der Waals surface area contributed by atoms with Gasteiger partial charge in [0, 0.05) is 30.7 Å². The Bertz CT molecular complexity index is 651. The third kappa shape index (κ3) is 1.04. The van der Waals surface area contributed by atoms with Crippen LogP contribution in [0, 0.1) is 35.5 Å². The van der Waals surface area contributed by atoms with Crippen molar-refractivity contribution < 1.29 is 23.8 Å². The molecule has 0 N–H and O–H groups in total. The van der Waals surface area contributed by atoms with Crippen molar-refractivity contribution in [2.75, 3.05) is 7.05 Å². The molecule has 0 radical (unpaired) electrons. The molecule has 120 valence electrons. The predicted octanol–water partition coefficient (Wildman–Crippen LogP) is -0.419. The highest BCUT2D eigenvalue weighted by Crippen LogP contribution is 2.67. The number of rotatable bonds is 0. The topological polar surface area (TPSA) is 65.1 Å². The van der Waals surface area contributed by atoms with Gasteiger partial charge in [-0.3, -0.25) is 14.5 Å². The molecule has 0 spiro atoms. The first-order chi connectivity index (χ1) is 11.2. The van der Waals surface area contributed by atoms with Gasteiger partial charge in [0.15, 0.2) is 0 Å². The number of ether oxygens (including phenoxy) is 3. The Kier molecular flexibility index (Phi) is 1.80. The average Bonchev–Trinajstić information content (AvgIpc) is 3.35. The minimum absolute atomic E-state index is 0.0608. The number of nitrogens with zero attached hydrogens (tertiary/aromatic N) is 1. The van der Waals surface area contributed by atoms with Gasteiger partial charge in [0.25, 0.3) is 0 Å². The zero-order valence-electron chi connectivity index (χ0n) is 12.6. The number of amides is 2. The summed E-state index contributed by atoms with van der Waals surface area (Å²) in [4.78, 5) is 26.3. The molecule has 0 aromatic rings. The molecule has 0 aromatic carbocycles. The number of hydrogen-bond donors (Lipinski definition) is 0. The molecule has 0 unspecified atom stereocenters. The standard InChI is InChI=1S/C17H17NO5/c1-18-16(19)10-11(17(18)20)15-9-8(14(10)23-15)12-6-4-2-3-5(21-4)7(6)13(9)22-12/h2-15H,1H3/t4-,5+,6-,7+,8-,9+,10-,11+,12-,13+,14+,15-. The van der Waals surface area contributed by atoms with E-state index in [0.717, 1.165) is 0 Å². The molecule has 6 fully saturated rings. The molecule has 7 aliphatic heterocycles. The molecule has 6 bridgehead atoms. The Morgan fingerprint density at radius 3 is 1.74 bits per heavy atom.